The molecule has 8 heteroatoms. The minimum atomic E-state index is -0.345. The molecule has 0 spiro atoms. The summed E-state index contributed by atoms with van der Waals surface area (Å²) in [7, 11) is 0. The van der Waals surface area contributed by atoms with Crippen LogP contribution in [-0.2, 0) is 6.42 Å². The first kappa shape index (κ1) is 18.9. The molecule has 1 aliphatic carbocycles. The van der Waals surface area contributed by atoms with Crippen LogP contribution in [0.25, 0.3) is 0 Å². The molecule has 3 aromatic rings. The second kappa shape index (κ2) is 7.18. The molecule has 1 aliphatic rings. The van der Waals surface area contributed by atoms with E-state index in [1.165, 1.54) is 23.1 Å². The van der Waals surface area contributed by atoms with Crippen molar-refractivity contribution in [3.05, 3.63) is 52.4 Å². The van der Waals surface area contributed by atoms with Gasteiger partial charge in [-0.25, -0.2) is 0 Å². The molecule has 28 heavy (non-hydrogen) atoms. The van der Waals surface area contributed by atoms with E-state index in [4.69, 9.17) is 4.42 Å². The van der Waals surface area contributed by atoms with Crippen molar-refractivity contribution < 1.29 is 14.0 Å². The molecule has 1 N–H and O–H groups in total. The Hall–Kier alpha value is -2.45. The fraction of sp³-hybridized carbons (Fsp3) is 0.300. The summed E-state index contributed by atoms with van der Waals surface area (Å²) < 4.78 is 6.68. The van der Waals surface area contributed by atoms with Gasteiger partial charge in [-0.3, -0.25) is 9.59 Å². The van der Waals surface area contributed by atoms with E-state index in [0.717, 1.165) is 9.24 Å². The topological polar surface area (TPSA) is 85.1 Å². The van der Waals surface area contributed by atoms with Crippen molar-refractivity contribution in [2.75, 3.05) is 5.32 Å². The van der Waals surface area contributed by atoms with Crippen LogP contribution in [0.5, 0.6) is 0 Å². The van der Waals surface area contributed by atoms with Crippen LogP contribution in [0.4, 0.5) is 5.69 Å². The van der Waals surface area contributed by atoms with Crippen molar-refractivity contribution in [2.45, 2.75) is 42.8 Å². The molecule has 0 bridgehead atoms. The quantitative estimate of drug-likeness (QED) is 0.648. The molecule has 0 aliphatic heterocycles. The molecular formula is C20H19N3O3S2. The highest BCUT2D eigenvalue weighted by Gasteiger charge is 2.37. The monoisotopic (exact) mass is 413 g/mol. The number of carbonyl (C=O) groups excluding carboxylic acids is 2. The summed E-state index contributed by atoms with van der Waals surface area (Å²) >= 11 is 2.99. The second-order valence-electron chi connectivity index (χ2n) is 7.58. The average Bonchev–Trinajstić information content (AvgIpc) is 3.23. The summed E-state index contributed by atoms with van der Waals surface area (Å²) in [6, 6.07) is 7.48. The van der Waals surface area contributed by atoms with Crippen LogP contribution in [0, 0.1) is 12.3 Å². The highest BCUT2D eigenvalue weighted by Crippen LogP contribution is 2.38. The van der Waals surface area contributed by atoms with Gasteiger partial charge in [-0.05, 0) is 36.6 Å². The minimum absolute atomic E-state index is 0.0459. The number of rotatable bonds is 4. The van der Waals surface area contributed by atoms with E-state index in [1.807, 2.05) is 38.1 Å². The van der Waals surface area contributed by atoms with Gasteiger partial charge in [-0.1, -0.05) is 36.9 Å². The number of nitrogens with one attached hydrogen (secondary N) is 1. The lowest BCUT2D eigenvalue weighted by molar-refractivity contribution is 0.0898. The summed E-state index contributed by atoms with van der Waals surface area (Å²) in [5, 5.41) is 10.7. The number of nitrogens with zero attached hydrogens (tertiary/aromatic N) is 2. The number of benzene rings is 1. The van der Waals surface area contributed by atoms with Gasteiger partial charge in [0.2, 0.25) is 0 Å². The molecule has 0 fully saturated rings. The summed E-state index contributed by atoms with van der Waals surface area (Å²) in [5.74, 6) is 0.530. The third kappa shape index (κ3) is 3.74. The second-order valence-corrected chi connectivity index (χ2v) is 9.73. The number of anilines is 1. The highest BCUT2D eigenvalue weighted by atomic mass is 32.2. The third-order valence-electron chi connectivity index (χ3n) is 4.64. The molecule has 0 unspecified atom stereocenters. The Balaban J connectivity index is 1.51. The average molecular weight is 414 g/mol. The van der Waals surface area contributed by atoms with Crippen LogP contribution in [0.15, 0.2) is 43.4 Å². The van der Waals surface area contributed by atoms with Gasteiger partial charge in [-0.15, -0.1) is 10.2 Å². The zero-order chi connectivity index (χ0) is 19.9. The summed E-state index contributed by atoms with van der Waals surface area (Å²) in [6.07, 6.45) is 1.12. The van der Waals surface area contributed by atoms with Crippen LogP contribution in [0.1, 0.15) is 52.5 Å². The first-order valence-electron chi connectivity index (χ1n) is 8.83. The van der Waals surface area contributed by atoms with Crippen molar-refractivity contribution in [1.29, 1.82) is 0 Å². The van der Waals surface area contributed by atoms with E-state index in [1.54, 1.807) is 12.4 Å². The standard InChI is InChI=1S/C20H19N3O3S2/c1-11-16-14(24)8-20(2,3)9-15(16)26-17(11)18(25)22-12-4-6-13(7-5-12)28-19-23-21-10-27-19/h4-7,10H,8-9H2,1-3H3,(H,22,25). The molecule has 2 aromatic heterocycles. The molecule has 1 amide bonds. The van der Waals surface area contributed by atoms with Crippen molar-refractivity contribution >= 4 is 40.5 Å². The number of aromatic nitrogens is 2. The molecule has 144 valence electrons. The first-order chi connectivity index (χ1) is 13.3. The van der Waals surface area contributed by atoms with Crippen molar-refractivity contribution in [1.82, 2.24) is 10.2 Å². The molecule has 2 heterocycles. The molecule has 0 atom stereocenters. The number of ketones is 1. The fourth-order valence-electron chi connectivity index (χ4n) is 3.40. The number of Topliss-reactive ketones (excluding diaryl/α,β-unsaturated/α-hetero) is 1. The molecule has 0 radical (unpaired) electrons. The lowest BCUT2D eigenvalue weighted by Gasteiger charge is -2.27. The lowest BCUT2D eigenvalue weighted by atomic mass is 9.76. The Morgan fingerprint density at radius 2 is 2.00 bits per heavy atom. The van der Waals surface area contributed by atoms with Crippen molar-refractivity contribution in [3.63, 3.8) is 0 Å². The highest BCUT2D eigenvalue weighted by molar-refractivity contribution is 8.01. The Kier molecular flexibility index (Phi) is 4.84. The minimum Gasteiger partial charge on any atom is -0.455 e. The maximum absolute atomic E-state index is 12.7. The van der Waals surface area contributed by atoms with Crippen LogP contribution in [0.2, 0.25) is 0 Å². The predicted molar refractivity (Wildman–Crippen MR) is 108 cm³/mol. The van der Waals surface area contributed by atoms with Gasteiger partial charge in [0.05, 0.1) is 5.56 Å². The summed E-state index contributed by atoms with van der Waals surface area (Å²) in [6.45, 7) is 5.84. The van der Waals surface area contributed by atoms with Crippen LogP contribution in [-0.4, -0.2) is 21.9 Å². The predicted octanol–water partition coefficient (Wildman–Crippen LogP) is 5.00. The van der Waals surface area contributed by atoms with Gasteiger partial charge in [0.25, 0.3) is 5.91 Å². The zero-order valence-corrected chi connectivity index (χ0v) is 17.4. The normalized spacial score (nSPS) is 15.3. The van der Waals surface area contributed by atoms with E-state index < -0.39 is 0 Å². The van der Waals surface area contributed by atoms with Crippen LogP contribution < -0.4 is 5.32 Å². The lowest BCUT2D eigenvalue weighted by Crippen LogP contribution is -2.26. The Morgan fingerprint density at radius 1 is 1.25 bits per heavy atom. The van der Waals surface area contributed by atoms with Gasteiger partial charge in [0.15, 0.2) is 15.9 Å². The molecule has 4 rings (SSSR count). The Labute approximate surface area is 170 Å². The summed E-state index contributed by atoms with van der Waals surface area (Å²) in [4.78, 5) is 26.2. The SMILES string of the molecule is Cc1c(C(=O)Nc2ccc(Sc3nncs3)cc2)oc2c1C(=O)CC(C)(C)C2. The maximum Gasteiger partial charge on any atom is 0.291 e. The van der Waals surface area contributed by atoms with E-state index in [9.17, 15) is 9.59 Å². The van der Waals surface area contributed by atoms with Crippen LogP contribution in [0.3, 0.4) is 0 Å². The molecular weight excluding hydrogens is 394 g/mol. The number of hydrogen-bond acceptors (Lipinski definition) is 7. The van der Waals surface area contributed by atoms with E-state index in [2.05, 4.69) is 15.5 Å². The van der Waals surface area contributed by atoms with Gasteiger partial charge < -0.3 is 9.73 Å². The number of hydrogen-bond donors (Lipinski definition) is 1. The number of furan rings is 1. The third-order valence-corrected chi connectivity index (χ3v) is 6.43. The largest absolute Gasteiger partial charge is 0.455 e. The Bertz CT molecular complexity index is 1040. The molecule has 1 aromatic carbocycles. The fourth-order valence-corrected chi connectivity index (χ4v) is 4.85. The number of carbonyl (C=O) groups is 2. The van der Waals surface area contributed by atoms with Crippen molar-refractivity contribution in [3.8, 4) is 0 Å². The van der Waals surface area contributed by atoms with Crippen LogP contribution >= 0.6 is 23.1 Å². The smallest absolute Gasteiger partial charge is 0.291 e. The van der Waals surface area contributed by atoms with E-state index in [-0.39, 0.29) is 22.9 Å². The number of fused-ring (bicyclic) bond motifs is 1. The number of amides is 1. The molecule has 6 nitrogen and oxygen atoms in total. The van der Waals surface area contributed by atoms with Crippen molar-refractivity contribution in [2.24, 2.45) is 5.41 Å². The maximum atomic E-state index is 12.7. The Morgan fingerprint density at radius 3 is 2.68 bits per heavy atom. The van der Waals surface area contributed by atoms with Gasteiger partial charge >= 0.3 is 0 Å². The molecule has 0 saturated carbocycles. The first-order valence-corrected chi connectivity index (χ1v) is 10.5. The molecule has 0 saturated heterocycles. The van der Waals surface area contributed by atoms with Gasteiger partial charge in [0.1, 0.15) is 11.3 Å². The zero-order valence-electron chi connectivity index (χ0n) is 15.7. The van der Waals surface area contributed by atoms with E-state index >= 15 is 0 Å². The van der Waals surface area contributed by atoms with Gasteiger partial charge in [0, 0.05) is 29.0 Å². The van der Waals surface area contributed by atoms with Gasteiger partial charge in [-0.2, -0.15) is 0 Å². The van der Waals surface area contributed by atoms with E-state index in [0.29, 0.717) is 35.4 Å². The summed E-state index contributed by atoms with van der Waals surface area (Å²) in [5.41, 5.74) is 3.40.